The highest BCUT2D eigenvalue weighted by molar-refractivity contribution is 5.81. The van der Waals surface area contributed by atoms with E-state index >= 15 is 0 Å². The summed E-state index contributed by atoms with van der Waals surface area (Å²) < 4.78 is 0. The molecule has 96 valence electrons. The third kappa shape index (κ3) is 5.47. The first-order chi connectivity index (χ1) is 7.56. The third-order valence-electron chi connectivity index (χ3n) is 3.24. The summed E-state index contributed by atoms with van der Waals surface area (Å²) in [5, 5.41) is 11.7. The van der Waals surface area contributed by atoms with Crippen LogP contribution in [0.15, 0.2) is 0 Å². The van der Waals surface area contributed by atoms with Crippen LogP contribution in [0.1, 0.15) is 40.0 Å². The maximum Gasteiger partial charge on any atom is 0.237 e. The SMILES string of the molecule is CCC(CCO)CNC(=O)[C@@H](N)[C@@H](C)CC. The molecule has 3 atom stereocenters. The number of hydrogen-bond acceptors (Lipinski definition) is 3. The molecule has 0 heterocycles. The Kier molecular flexibility index (Phi) is 8.21. The van der Waals surface area contributed by atoms with Gasteiger partial charge in [0.25, 0.3) is 0 Å². The molecule has 4 heteroatoms. The number of aliphatic hydroxyl groups is 1. The van der Waals surface area contributed by atoms with Crippen LogP contribution in [-0.2, 0) is 4.79 Å². The van der Waals surface area contributed by atoms with Crippen LogP contribution in [0.5, 0.6) is 0 Å². The van der Waals surface area contributed by atoms with Crippen molar-refractivity contribution < 1.29 is 9.90 Å². The highest BCUT2D eigenvalue weighted by atomic mass is 16.3. The van der Waals surface area contributed by atoms with Crippen molar-refractivity contribution in [2.24, 2.45) is 17.6 Å². The molecule has 0 rings (SSSR count). The van der Waals surface area contributed by atoms with Crippen molar-refractivity contribution in [3.05, 3.63) is 0 Å². The molecule has 4 nitrogen and oxygen atoms in total. The fourth-order valence-corrected chi connectivity index (χ4v) is 1.51. The molecule has 0 aliphatic rings. The zero-order chi connectivity index (χ0) is 12.6. The van der Waals surface area contributed by atoms with Gasteiger partial charge >= 0.3 is 0 Å². The average Bonchev–Trinajstić information content (AvgIpc) is 2.31. The van der Waals surface area contributed by atoms with Gasteiger partial charge < -0.3 is 16.2 Å². The predicted molar refractivity (Wildman–Crippen MR) is 65.9 cm³/mol. The Hall–Kier alpha value is -0.610. The molecule has 0 aromatic heterocycles. The van der Waals surface area contributed by atoms with Gasteiger partial charge in [0.15, 0.2) is 0 Å². The lowest BCUT2D eigenvalue weighted by molar-refractivity contribution is -0.123. The maximum absolute atomic E-state index is 11.7. The largest absolute Gasteiger partial charge is 0.396 e. The molecule has 0 bridgehead atoms. The van der Waals surface area contributed by atoms with Crippen molar-refractivity contribution in [2.75, 3.05) is 13.2 Å². The lowest BCUT2D eigenvalue weighted by atomic mass is 9.98. The minimum atomic E-state index is -0.420. The Balaban J connectivity index is 3.95. The fourth-order valence-electron chi connectivity index (χ4n) is 1.51. The number of carbonyl (C=O) groups excluding carboxylic acids is 1. The maximum atomic E-state index is 11.7. The molecule has 0 saturated heterocycles. The zero-order valence-electron chi connectivity index (χ0n) is 10.7. The Labute approximate surface area is 98.6 Å². The molecular formula is C12H26N2O2. The van der Waals surface area contributed by atoms with E-state index in [1.165, 1.54) is 0 Å². The minimum absolute atomic E-state index is 0.0780. The van der Waals surface area contributed by atoms with Gasteiger partial charge in [0.05, 0.1) is 6.04 Å². The predicted octanol–water partition coefficient (Wildman–Crippen LogP) is 0.885. The Morgan fingerprint density at radius 3 is 2.44 bits per heavy atom. The molecule has 16 heavy (non-hydrogen) atoms. The van der Waals surface area contributed by atoms with Gasteiger partial charge in [-0.1, -0.05) is 33.6 Å². The van der Waals surface area contributed by atoms with Crippen LogP contribution in [-0.4, -0.2) is 30.2 Å². The molecule has 0 fully saturated rings. The molecule has 0 spiro atoms. The van der Waals surface area contributed by atoms with Gasteiger partial charge in [0.1, 0.15) is 0 Å². The molecule has 1 unspecified atom stereocenters. The van der Waals surface area contributed by atoms with Crippen LogP contribution in [0.2, 0.25) is 0 Å². The van der Waals surface area contributed by atoms with Crippen LogP contribution in [0.4, 0.5) is 0 Å². The van der Waals surface area contributed by atoms with Crippen LogP contribution >= 0.6 is 0 Å². The number of nitrogens with one attached hydrogen (secondary N) is 1. The first-order valence-electron chi connectivity index (χ1n) is 6.20. The van der Waals surface area contributed by atoms with Gasteiger partial charge in [0.2, 0.25) is 5.91 Å². The van der Waals surface area contributed by atoms with Crippen molar-refractivity contribution in [3.8, 4) is 0 Å². The summed E-state index contributed by atoms with van der Waals surface area (Å²) in [6.07, 6.45) is 2.59. The molecule has 0 aromatic rings. The summed E-state index contributed by atoms with van der Waals surface area (Å²) in [5.41, 5.74) is 5.81. The molecule has 0 saturated carbocycles. The summed E-state index contributed by atoms with van der Waals surface area (Å²) in [4.78, 5) is 11.7. The molecule has 0 aliphatic heterocycles. The highest BCUT2D eigenvalue weighted by Gasteiger charge is 2.19. The van der Waals surface area contributed by atoms with E-state index < -0.39 is 6.04 Å². The molecule has 0 aromatic carbocycles. The Bertz CT molecular complexity index is 197. The Morgan fingerprint density at radius 1 is 1.38 bits per heavy atom. The van der Waals surface area contributed by atoms with Gasteiger partial charge in [0, 0.05) is 13.2 Å². The number of nitrogens with two attached hydrogens (primary N) is 1. The summed E-state index contributed by atoms with van der Waals surface area (Å²) in [7, 11) is 0. The van der Waals surface area contributed by atoms with Crippen molar-refractivity contribution in [3.63, 3.8) is 0 Å². The second-order valence-corrected chi connectivity index (χ2v) is 4.44. The normalized spacial score (nSPS) is 16.6. The van der Waals surface area contributed by atoms with Crippen molar-refractivity contribution in [1.29, 1.82) is 0 Å². The van der Waals surface area contributed by atoms with Gasteiger partial charge in [-0.25, -0.2) is 0 Å². The average molecular weight is 230 g/mol. The van der Waals surface area contributed by atoms with Gasteiger partial charge in [-0.2, -0.15) is 0 Å². The van der Waals surface area contributed by atoms with Crippen molar-refractivity contribution >= 4 is 5.91 Å². The van der Waals surface area contributed by atoms with Gasteiger partial charge in [-0.05, 0) is 18.3 Å². The Morgan fingerprint density at radius 2 is 2.00 bits per heavy atom. The van der Waals surface area contributed by atoms with E-state index in [1.54, 1.807) is 0 Å². The minimum Gasteiger partial charge on any atom is -0.396 e. The molecule has 1 amide bonds. The third-order valence-corrected chi connectivity index (χ3v) is 3.24. The topological polar surface area (TPSA) is 75.3 Å². The number of rotatable bonds is 8. The second-order valence-electron chi connectivity index (χ2n) is 4.44. The van der Waals surface area contributed by atoms with Gasteiger partial charge in [-0.3, -0.25) is 4.79 Å². The fraction of sp³-hybridized carbons (Fsp3) is 0.917. The second kappa shape index (κ2) is 8.53. The quantitative estimate of drug-likeness (QED) is 0.579. The van der Waals surface area contributed by atoms with Crippen LogP contribution in [0.3, 0.4) is 0 Å². The number of amides is 1. The summed E-state index contributed by atoms with van der Waals surface area (Å²) in [5.74, 6) is 0.474. The van der Waals surface area contributed by atoms with E-state index in [-0.39, 0.29) is 18.4 Å². The zero-order valence-corrected chi connectivity index (χ0v) is 10.7. The number of carbonyl (C=O) groups is 1. The van der Waals surface area contributed by atoms with Crippen LogP contribution in [0, 0.1) is 11.8 Å². The smallest absolute Gasteiger partial charge is 0.237 e. The van der Waals surface area contributed by atoms with Crippen LogP contribution < -0.4 is 11.1 Å². The van der Waals surface area contributed by atoms with E-state index in [9.17, 15) is 4.79 Å². The lowest BCUT2D eigenvalue weighted by Crippen LogP contribution is -2.45. The first kappa shape index (κ1) is 15.4. The van der Waals surface area contributed by atoms with E-state index in [2.05, 4.69) is 12.2 Å². The monoisotopic (exact) mass is 230 g/mol. The standard InChI is InChI=1S/C12H26N2O2/c1-4-9(3)11(13)12(16)14-8-10(5-2)6-7-15/h9-11,15H,4-8,13H2,1-3H3,(H,14,16)/t9-,10?,11-/m0/s1. The van der Waals surface area contributed by atoms with E-state index in [0.29, 0.717) is 12.5 Å². The molecule has 0 aliphatic carbocycles. The van der Waals surface area contributed by atoms with E-state index in [1.807, 2.05) is 13.8 Å². The number of aliphatic hydroxyl groups excluding tert-OH is 1. The van der Waals surface area contributed by atoms with E-state index in [4.69, 9.17) is 10.8 Å². The van der Waals surface area contributed by atoms with E-state index in [0.717, 1.165) is 19.3 Å². The molecule has 0 radical (unpaired) electrons. The summed E-state index contributed by atoms with van der Waals surface area (Å²) >= 11 is 0. The summed E-state index contributed by atoms with van der Waals surface area (Å²) in [6, 6.07) is -0.420. The number of hydrogen-bond donors (Lipinski definition) is 3. The van der Waals surface area contributed by atoms with Crippen LogP contribution in [0.25, 0.3) is 0 Å². The van der Waals surface area contributed by atoms with Crippen molar-refractivity contribution in [2.45, 2.75) is 46.1 Å². The first-order valence-corrected chi connectivity index (χ1v) is 6.20. The lowest BCUT2D eigenvalue weighted by Gasteiger charge is -2.20. The van der Waals surface area contributed by atoms with Gasteiger partial charge in [-0.15, -0.1) is 0 Å². The highest BCUT2D eigenvalue weighted by Crippen LogP contribution is 2.08. The van der Waals surface area contributed by atoms with Crippen molar-refractivity contribution in [1.82, 2.24) is 5.32 Å². The molecular weight excluding hydrogens is 204 g/mol. The molecule has 4 N–H and O–H groups in total. The summed E-state index contributed by atoms with van der Waals surface area (Å²) in [6.45, 7) is 6.85.